The van der Waals surface area contributed by atoms with E-state index >= 15 is 0 Å². The van der Waals surface area contributed by atoms with Gasteiger partial charge in [0.05, 0.1) is 10.6 Å². The highest BCUT2D eigenvalue weighted by atomic mass is 35.5. The average Bonchev–Trinajstić information content (AvgIpc) is 2.99. The van der Waals surface area contributed by atoms with E-state index in [0.29, 0.717) is 26.2 Å². The molecule has 4 rings (SSSR count). The Morgan fingerprint density at radius 1 is 0.830 bits per heavy atom. The van der Waals surface area contributed by atoms with Crippen LogP contribution in [0.5, 0.6) is 0 Å². The number of benzene rings is 4. The van der Waals surface area contributed by atoms with E-state index in [9.17, 15) is 18.0 Å². The number of nitrogens with zero attached hydrogens (tertiary/aromatic N) is 2. The highest BCUT2D eigenvalue weighted by Crippen LogP contribution is 2.31. The number of carbonyl (C=O) groups is 2. The van der Waals surface area contributed by atoms with E-state index in [0.717, 1.165) is 15.4 Å². The summed E-state index contributed by atoms with van der Waals surface area (Å²) in [5, 5.41) is 4.03. The Balaban J connectivity index is 1.87. The van der Waals surface area contributed by atoms with Crippen molar-refractivity contribution in [3.8, 4) is 0 Å². The van der Waals surface area contributed by atoms with Crippen molar-refractivity contribution in [1.29, 1.82) is 0 Å². The molecule has 4 aromatic rings. The smallest absolute Gasteiger partial charge is 0.264 e. The van der Waals surface area contributed by atoms with Crippen molar-refractivity contribution in [1.82, 2.24) is 10.2 Å². The fourth-order valence-corrected chi connectivity index (χ4v) is 7.15. The van der Waals surface area contributed by atoms with E-state index in [-0.39, 0.29) is 23.5 Å². The third-order valence-corrected chi connectivity index (χ3v) is 10.0. The molecule has 4 aromatic carbocycles. The number of carbonyl (C=O) groups excluding carboxylic acids is 2. The summed E-state index contributed by atoms with van der Waals surface area (Å²) < 4.78 is 29.6. The van der Waals surface area contributed by atoms with Crippen molar-refractivity contribution in [3.63, 3.8) is 0 Å². The van der Waals surface area contributed by atoms with Gasteiger partial charge in [0, 0.05) is 33.6 Å². The van der Waals surface area contributed by atoms with Crippen molar-refractivity contribution in [2.24, 2.45) is 0 Å². The van der Waals surface area contributed by atoms with E-state index in [1.165, 1.54) is 23.1 Å². The Hall–Kier alpha value is -3.56. The van der Waals surface area contributed by atoms with Gasteiger partial charge in [0.25, 0.3) is 10.0 Å². The Morgan fingerprint density at radius 3 is 2.06 bits per heavy atom. The summed E-state index contributed by atoms with van der Waals surface area (Å²) in [6.07, 6.45) is 0.167. The number of nitrogens with one attached hydrogen (secondary N) is 1. The minimum Gasteiger partial charge on any atom is -0.350 e. The molecule has 7 nitrogen and oxygen atoms in total. The van der Waals surface area contributed by atoms with Crippen molar-refractivity contribution in [3.05, 3.63) is 128 Å². The van der Waals surface area contributed by atoms with Gasteiger partial charge in [-0.2, -0.15) is 0 Å². The second-order valence-electron chi connectivity index (χ2n) is 12.5. The lowest BCUT2D eigenvalue weighted by atomic mass is 10.0. The number of rotatable bonds is 11. The van der Waals surface area contributed by atoms with Crippen LogP contribution in [-0.2, 0) is 32.6 Å². The SMILES string of the molecule is Cc1ccc(S(=O)(=O)N(CC(=O)N(Cc2ccc(Cl)cc2Cl)[C@H](Cc2ccccc2)C(=O)NC(C)(C)C)c2cc(Cl)ccc2C)cc1. The topological polar surface area (TPSA) is 86.8 Å². The van der Waals surface area contributed by atoms with E-state index in [4.69, 9.17) is 34.8 Å². The summed E-state index contributed by atoms with van der Waals surface area (Å²) in [4.78, 5) is 30.1. The summed E-state index contributed by atoms with van der Waals surface area (Å²) in [7, 11) is -4.28. The first-order chi connectivity index (χ1) is 22.0. The molecule has 0 saturated heterocycles. The number of hydrogen-bond acceptors (Lipinski definition) is 4. The van der Waals surface area contributed by atoms with Gasteiger partial charge in [-0.25, -0.2) is 8.42 Å². The van der Waals surface area contributed by atoms with Crippen molar-refractivity contribution in [2.75, 3.05) is 10.8 Å². The van der Waals surface area contributed by atoms with Crippen LogP contribution < -0.4 is 9.62 Å². The van der Waals surface area contributed by atoms with Crippen LogP contribution in [0.4, 0.5) is 5.69 Å². The quantitative estimate of drug-likeness (QED) is 0.171. The largest absolute Gasteiger partial charge is 0.350 e. The summed E-state index contributed by atoms with van der Waals surface area (Å²) in [6.45, 7) is 8.45. The highest BCUT2D eigenvalue weighted by molar-refractivity contribution is 7.92. The van der Waals surface area contributed by atoms with Crippen molar-refractivity contribution in [2.45, 2.75) is 64.1 Å². The molecule has 0 radical (unpaired) electrons. The van der Waals surface area contributed by atoms with E-state index in [2.05, 4.69) is 5.32 Å². The number of sulfonamides is 1. The third kappa shape index (κ3) is 9.51. The van der Waals surface area contributed by atoms with E-state index in [1.807, 2.05) is 58.0 Å². The van der Waals surface area contributed by atoms with E-state index in [1.54, 1.807) is 49.4 Å². The zero-order valence-corrected chi connectivity index (χ0v) is 30.0. The molecule has 1 atom stereocenters. The zero-order chi connectivity index (χ0) is 34.5. The molecule has 11 heteroatoms. The van der Waals surface area contributed by atoms with Crippen molar-refractivity contribution < 1.29 is 18.0 Å². The lowest BCUT2D eigenvalue weighted by Crippen LogP contribution is -2.56. The Kier molecular flexibility index (Phi) is 11.7. The normalized spacial score (nSPS) is 12.3. The average molecular weight is 715 g/mol. The maximum atomic E-state index is 14.7. The molecule has 2 amide bonds. The predicted molar refractivity (Wildman–Crippen MR) is 191 cm³/mol. The lowest BCUT2D eigenvalue weighted by Gasteiger charge is -2.35. The molecular formula is C36H38Cl3N3O4S. The number of halogens is 3. The van der Waals surface area contributed by atoms with Crippen LogP contribution in [0, 0.1) is 13.8 Å². The van der Waals surface area contributed by atoms with Gasteiger partial charge in [-0.05, 0) is 87.7 Å². The van der Waals surface area contributed by atoms with Gasteiger partial charge in [0.15, 0.2) is 0 Å². The van der Waals surface area contributed by atoms with E-state index < -0.39 is 40.0 Å². The van der Waals surface area contributed by atoms with Crippen LogP contribution in [0.2, 0.25) is 15.1 Å². The number of anilines is 1. The van der Waals surface area contributed by atoms with Gasteiger partial charge in [0.2, 0.25) is 11.8 Å². The van der Waals surface area contributed by atoms with Gasteiger partial charge in [-0.3, -0.25) is 13.9 Å². The van der Waals surface area contributed by atoms with Gasteiger partial charge >= 0.3 is 0 Å². The predicted octanol–water partition coefficient (Wildman–Crippen LogP) is 8.01. The monoisotopic (exact) mass is 713 g/mol. The molecule has 248 valence electrons. The summed E-state index contributed by atoms with van der Waals surface area (Å²) in [5.74, 6) is -1.01. The number of hydrogen-bond donors (Lipinski definition) is 1. The second kappa shape index (κ2) is 15.1. The molecule has 0 saturated carbocycles. The summed E-state index contributed by atoms with van der Waals surface area (Å²) in [6, 6.07) is 24.5. The molecule has 0 heterocycles. The number of aryl methyl sites for hydroxylation is 2. The molecule has 0 aliphatic rings. The minimum absolute atomic E-state index is 0.00822. The number of amides is 2. The molecule has 0 spiro atoms. The molecule has 0 bridgehead atoms. The fraction of sp³-hybridized carbons (Fsp3) is 0.278. The first-order valence-corrected chi connectivity index (χ1v) is 17.6. The van der Waals surface area contributed by atoms with Crippen LogP contribution in [0.1, 0.15) is 43.0 Å². The Labute approximate surface area is 292 Å². The Bertz CT molecular complexity index is 1840. The van der Waals surface area contributed by atoms with Crippen molar-refractivity contribution >= 4 is 62.3 Å². The maximum Gasteiger partial charge on any atom is 0.264 e. The summed E-state index contributed by atoms with van der Waals surface area (Å²) >= 11 is 19.1. The lowest BCUT2D eigenvalue weighted by molar-refractivity contribution is -0.140. The molecular weight excluding hydrogens is 677 g/mol. The third-order valence-electron chi connectivity index (χ3n) is 7.45. The minimum atomic E-state index is -4.28. The molecule has 1 N–H and O–H groups in total. The molecule has 0 fully saturated rings. The first-order valence-electron chi connectivity index (χ1n) is 15.0. The molecule has 0 unspecified atom stereocenters. The molecule has 47 heavy (non-hydrogen) atoms. The van der Waals surface area contributed by atoms with Gasteiger partial charge < -0.3 is 10.2 Å². The molecule has 0 aliphatic carbocycles. The van der Waals surface area contributed by atoms with Crippen LogP contribution in [0.3, 0.4) is 0 Å². The van der Waals surface area contributed by atoms with Gasteiger partial charge in [-0.15, -0.1) is 0 Å². The van der Waals surface area contributed by atoms with Gasteiger partial charge in [0.1, 0.15) is 12.6 Å². The molecule has 0 aromatic heterocycles. The zero-order valence-electron chi connectivity index (χ0n) is 26.9. The fourth-order valence-electron chi connectivity index (χ4n) is 5.04. The van der Waals surface area contributed by atoms with Crippen LogP contribution in [0.25, 0.3) is 0 Å². The second-order valence-corrected chi connectivity index (χ2v) is 15.6. The first kappa shape index (κ1) is 36.3. The van der Waals surface area contributed by atoms with Crippen LogP contribution >= 0.6 is 34.8 Å². The highest BCUT2D eigenvalue weighted by Gasteiger charge is 2.36. The summed E-state index contributed by atoms with van der Waals surface area (Å²) in [5.41, 5.74) is 2.46. The van der Waals surface area contributed by atoms with Crippen LogP contribution in [0.15, 0.2) is 95.9 Å². The van der Waals surface area contributed by atoms with Gasteiger partial charge in [-0.1, -0.05) is 95.0 Å². The molecule has 0 aliphatic heterocycles. The maximum absolute atomic E-state index is 14.7. The van der Waals surface area contributed by atoms with Crippen LogP contribution in [-0.4, -0.2) is 43.3 Å². The Morgan fingerprint density at radius 2 is 1.45 bits per heavy atom. The standard InChI is InChI=1S/C36H38Cl3N3O4S/c1-24-11-17-30(18-12-24)47(45,46)42(32-21-29(38)15-13-25(32)2)23-34(43)41(22-27-14-16-28(37)20-31(27)39)33(35(44)40-36(3,4)5)19-26-9-7-6-8-10-26/h6-18,20-21,33H,19,22-23H2,1-5H3,(H,40,44)/t33-/m1/s1.